The molecule has 21 heavy (non-hydrogen) atoms. The number of phenols is 1. The Morgan fingerprint density at radius 3 is 2.62 bits per heavy atom. The van der Waals surface area contributed by atoms with Crippen LogP contribution in [0.3, 0.4) is 0 Å². The SMILES string of the molecule is Cl.O=C(NC1CCNCC1)c1ccc2ccccc2c1O. The van der Waals surface area contributed by atoms with Gasteiger partial charge in [-0.3, -0.25) is 4.79 Å². The fourth-order valence-corrected chi connectivity index (χ4v) is 2.67. The molecule has 1 amide bonds. The Morgan fingerprint density at radius 2 is 1.86 bits per heavy atom. The number of piperidine rings is 1. The van der Waals surface area contributed by atoms with Gasteiger partial charge in [0.2, 0.25) is 0 Å². The van der Waals surface area contributed by atoms with E-state index in [1.165, 1.54) is 0 Å². The average Bonchev–Trinajstić information content (AvgIpc) is 2.49. The molecule has 1 aliphatic rings. The lowest BCUT2D eigenvalue weighted by Crippen LogP contribution is -2.42. The van der Waals surface area contributed by atoms with Gasteiger partial charge in [0.1, 0.15) is 5.75 Å². The molecule has 0 aliphatic carbocycles. The summed E-state index contributed by atoms with van der Waals surface area (Å²) in [5, 5.41) is 18.2. The standard InChI is InChI=1S/C16H18N2O2.ClH/c19-15-13-4-2-1-3-11(13)5-6-14(15)16(20)18-12-7-9-17-10-8-12;/h1-6,12,17,19H,7-10H2,(H,18,20);1H. The van der Waals surface area contributed by atoms with Gasteiger partial charge >= 0.3 is 0 Å². The van der Waals surface area contributed by atoms with E-state index < -0.39 is 0 Å². The van der Waals surface area contributed by atoms with Crippen LogP contribution in [0, 0.1) is 0 Å². The second-order valence-corrected chi connectivity index (χ2v) is 5.18. The van der Waals surface area contributed by atoms with E-state index in [1.54, 1.807) is 6.07 Å². The molecule has 2 aromatic carbocycles. The van der Waals surface area contributed by atoms with Gasteiger partial charge in [-0.15, -0.1) is 12.4 Å². The van der Waals surface area contributed by atoms with Gasteiger partial charge < -0.3 is 15.7 Å². The van der Waals surface area contributed by atoms with Gasteiger partial charge in [0.15, 0.2) is 0 Å². The van der Waals surface area contributed by atoms with E-state index in [4.69, 9.17) is 0 Å². The minimum atomic E-state index is -0.194. The Balaban J connectivity index is 0.00000161. The maximum Gasteiger partial charge on any atom is 0.255 e. The van der Waals surface area contributed by atoms with E-state index in [0.717, 1.165) is 31.3 Å². The highest BCUT2D eigenvalue weighted by Gasteiger charge is 2.19. The maximum absolute atomic E-state index is 12.3. The molecule has 0 unspecified atom stereocenters. The number of phenolic OH excluding ortho intramolecular Hbond substituents is 1. The van der Waals surface area contributed by atoms with Crippen LogP contribution in [0.2, 0.25) is 0 Å². The van der Waals surface area contributed by atoms with Gasteiger partial charge in [-0.25, -0.2) is 0 Å². The monoisotopic (exact) mass is 306 g/mol. The van der Waals surface area contributed by atoms with Crippen LogP contribution in [-0.4, -0.2) is 30.1 Å². The molecular weight excluding hydrogens is 288 g/mol. The number of hydrogen-bond acceptors (Lipinski definition) is 3. The van der Waals surface area contributed by atoms with Crippen molar-refractivity contribution in [1.29, 1.82) is 0 Å². The highest BCUT2D eigenvalue weighted by atomic mass is 35.5. The number of hydrogen-bond donors (Lipinski definition) is 3. The molecule has 0 saturated carbocycles. The zero-order valence-corrected chi connectivity index (χ0v) is 12.5. The molecule has 1 aliphatic heterocycles. The van der Waals surface area contributed by atoms with Crippen molar-refractivity contribution in [3.63, 3.8) is 0 Å². The van der Waals surface area contributed by atoms with Crippen LogP contribution in [0.4, 0.5) is 0 Å². The zero-order chi connectivity index (χ0) is 13.9. The molecule has 1 saturated heterocycles. The Morgan fingerprint density at radius 1 is 1.14 bits per heavy atom. The minimum Gasteiger partial charge on any atom is -0.506 e. The van der Waals surface area contributed by atoms with Crippen LogP contribution in [-0.2, 0) is 0 Å². The second-order valence-electron chi connectivity index (χ2n) is 5.18. The number of amides is 1. The number of carbonyl (C=O) groups excluding carboxylic acids is 1. The summed E-state index contributed by atoms with van der Waals surface area (Å²) < 4.78 is 0. The second kappa shape index (κ2) is 6.78. The van der Waals surface area contributed by atoms with Crippen molar-refractivity contribution < 1.29 is 9.90 Å². The highest BCUT2D eigenvalue weighted by molar-refractivity contribution is 6.03. The number of aromatic hydroxyl groups is 1. The lowest BCUT2D eigenvalue weighted by atomic mass is 10.0. The summed E-state index contributed by atoms with van der Waals surface area (Å²) in [6.45, 7) is 1.85. The third kappa shape index (κ3) is 3.28. The molecule has 0 atom stereocenters. The Labute approximate surface area is 130 Å². The van der Waals surface area contributed by atoms with Gasteiger partial charge in [0.05, 0.1) is 5.56 Å². The third-order valence-electron chi connectivity index (χ3n) is 3.82. The first-order valence-electron chi connectivity index (χ1n) is 6.98. The van der Waals surface area contributed by atoms with Crippen molar-refractivity contribution in [2.24, 2.45) is 0 Å². The number of halogens is 1. The molecule has 2 aromatic rings. The molecule has 3 N–H and O–H groups in total. The molecule has 112 valence electrons. The number of benzene rings is 2. The van der Waals surface area contributed by atoms with Crippen LogP contribution >= 0.6 is 12.4 Å². The molecule has 4 nitrogen and oxygen atoms in total. The van der Waals surface area contributed by atoms with Crippen LogP contribution in [0.15, 0.2) is 36.4 Å². The van der Waals surface area contributed by atoms with Crippen molar-refractivity contribution in [1.82, 2.24) is 10.6 Å². The predicted octanol–water partition coefficient (Wildman–Crippen LogP) is 2.45. The summed E-state index contributed by atoms with van der Waals surface area (Å²) in [5.74, 6) is -0.130. The van der Waals surface area contributed by atoms with Crippen molar-refractivity contribution in [3.8, 4) is 5.75 Å². The summed E-state index contributed by atoms with van der Waals surface area (Å²) in [6.07, 6.45) is 1.86. The first-order chi connectivity index (χ1) is 9.75. The van der Waals surface area contributed by atoms with E-state index in [1.807, 2.05) is 30.3 Å². The van der Waals surface area contributed by atoms with Crippen molar-refractivity contribution in [2.75, 3.05) is 13.1 Å². The number of rotatable bonds is 2. The van der Waals surface area contributed by atoms with Crippen molar-refractivity contribution >= 4 is 29.1 Å². The van der Waals surface area contributed by atoms with Crippen molar-refractivity contribution in [2.45, 2.75) is 18.9 Å². The van der Waals surface area contributed by atoms with Crippen LogP contribution in [0.1, 0.15) is 23.2 Å². The predicted molar refractivity (Wildman–Crippen MR) is 86.2 cm³/mol. The molecule has 0 bridgehead atoms. The summed E-state index contributed by atoms with van der Waals surface area (Å²) in [6, 6.07) is 11.3. The van der Waals surface area contributed by atoms with Crippen LogP contribution < -0.4 is 10.6 Å². The van der Waals surface area contributed by atoms with Gasteiger partial charge in [0, 0.05) is 11.4 Å². The Kier molecular flexibility index (Phi) is 5.04. The topological polar surface area (TPSA) is 61.4 Å². The van der Waals surface area contributed by atoms with Gasteiger partial charge in [-0.1, -0.05) is 30.3 Å². The number of nitrogens with one attached hydrogen (secondary N) is 2. The quantitative estimate of drug-likeness (QED) is 0.798. The molecular formula is C16H19ClN2O2. The van der Waals surface area contributed by atoms with E-state index >= 15 is 0 Å². The first-order valence-corrected chi connectivity index (χ1v) is 6.98. The molecule has 0 aromatic heterocycles. The van der Waals surface area contributed by atoms with Gasteiger partial charge in [-0.2, -0.15) is 0 Å². The molecule has 0 spiro atoms. The highest BCUT2D eigenvalue weighted by Crippen LogP contribution is 2.28. The van der Waals surface area contributed by atoms with E-state index in [-0.39, 0.29) is 30.1 Å². The molecule has 0 radical (unpaired) electrons. The Bertz CT molecular complexity index is 639. The van der Waals surface area contributed by atoms with Crippen LogP contribution in [0.25, 0.3) is 10.8 Å². The Hall–Kier alpha value is -1.78. The number of carbonyl (C=O) groups is 1. The lowest BCUT2D eigenvalue weighted by molar-refractivity contribution is 0.0927. The minimum absolute atomic E-state index is 0. The smallest absolute Gasteiger partial charge is 0.255 e. The van der Waals surface area contributed by atoms with Gasteiger partial charge in [0.25, 0.3) is 5.91 Å². The van der Waals surface area contributed by atoms with Crippen LogP contribution in [0.5, 0.6) is 5.75 Å². The van der Waals surface area contributed by atoms with E-state index in [2.05, 4.69) is 10.6 Å². The number of fused-ring (bicyclic) bond motifs is 1. The van der Waals surface area contributed by atoms with E-state index in [9.17, 15) is 9.90 Å². The third-order valence-corrected chi connectivity index (χ3v) is 3.82. The molecule has 1 fully saturated rings. The normalized spacial score (nSPS) is 15.4. The van der Waals surface area contributed by atoms with E-state index in [0.29, 0.717) is 10.9 Å². The fraction of sp³-hybridized carbons (Fsp3) is 0.312. The molecule has 5 heteroatoms. The summed E-state index contributed by atoms with van der Waals surface area (Å²) in [4.78, 5) is 12.3. The molecule has 3 rings (SSSR count). The fourth-order valence-electron chi connectivity index (χ4n) is 2.67. The largest absolute Gasteiger partial charge is 0.506 e. The first kappa shape index (κ1) is 15.6. The van der Waals surface area contributed by atoms with Gasteiger partial charge in [-0.05, 0) is 37.4 Å². The summed E-state index contributed by atoms with van der Waals surface area (Å²) in [7, 11) is 0. The zero-order valence-electron chi connectivity index (χ0n) is 11.6. The average molecular weight is 307 g/mol. The molecule has 1 heterocycles. The maximum atomic E-state index is 12.3. The summed E-state index contributed by atoms with van der Waals surface area (Å²) in [5.41, 5.74) is 0.349. The lowest BCUT2D eigenvalue weighted by Gasteiger charge is -2.23. The summed E-state index contributed by atoms with van der Waals surface area (Å²) >= 11 is 0. The van der Waals surface area contributed by atoms with Crippen molar-refractivity contribution in [3.05, 3.63) is 42.0 Å².